The summed E-state index contributed by atoms with van der Waals surface area (Å²) in [5.41, 5.74) is 0. The van der Waals surface area contributed by atoms with Crippen LogP contribution in [0.5, 0.6) is 0 Å². The van der Waals surface area contributed by atoms with E-state index in [0.29, 0.717) is 18.6 Å². The van der Waals surface area contributed by atoms with Crippen LogP contribution in [0.25, 0.3) is 0 Å². The van der Waals surface area contributed by atoms with E-state index in [4.69, 9.17) is 0 Å². The highest BCUT2D eigenvalue weighted by molar-refractivity contribution is 5.95. The van der Waals surface area contributed by atoms with Gasteiger partial charge in [0.05, 0.1) is 6.54 Å². The molecule has 3 fully saturated rings. The Morgan fingerprint density at radius 3 is 2.67 bits per heavy atom. The Hall–Kier alpha value is -1.14. The molecule has 2 atom stereocenters. The molecule has 21 heavy (non-hydrogen) atoms. The molecule has 0 aromatic heterocycles. The van der Waals surface area contributed by atoms with E-state index < -0.39 is 0 Å². The molecule has 6 nitrogen and oxygen atoms in total. The van der Waals surface area contributed by atoms with E-state index in [2.05, 4.69) is 20.9 Å². The normalized spacial score (nSPS) is 30.1. The van der Waals surface area contributed by atoms with E-state index in [1.807, 2.05) is 0 Å². The van der Waals surface area contributed by atoms with Gasteiger partial charge < -0.3 is 10.6 Å². The molecule has 1 aliphatic carbocycles. The minimum absolute atomic E-state index is 0.182. The maximum Gasteiger partial charge on any atom is 0.321 e. The largest absolute Gasteiger partial charge is 0.335 e. The topological polar surface area (TPSA) is 73.5 Å². The number of amides is 3. The molecule has 2 heterocycles. The fourth-order valence-electron chi connectivity index (χ4n) is 3.51. The molecule has 3 amide bonds. The monoisotopic (exact) mass is 294 g/mol. The van der Waals surface area contributed by atoms with E-state index in [-0.39, 0.29) is 18.0 Å². The average Bonchev–Trinajstić information content (AvgIpc) is 3.09. The van der Waals surface area contributed by atoms with Crippen molar-refractivity contribution in [2.45, 2.75) is 63.1 Å². The van der Waals surface area contributed by atoms with Gasteiger partial charge in [0.1, 0.15) is 0 Å². The highest BCUT2D eigenvalue weighted by Crippen LogP contribution is 2.23. The van der Waals surface area contributed by atoms with Crippen LogP contribution in [0, 0.1) is 0 Å². The average molecular weight is 294 g/mol. The van der Waals surface area contributed by atoms with Crippen LogP contribution in [-0.2, 0) is 4.79 Å². The predicted octanol–water partition coefficient (Wildman–Crippen LogP) is 0.581. The van der Waals surface area contributed by atoms with Gasteiger partial charge in [0.2, 0.25) is 5.91 Å². The van der Waals surface area contributed by atoms with Crippen molar-refractivity contribution in [3.05, 3.63) is 0 Å². The van der Waals surface area contributed by atoms with Crippen molar-refractivity contribution in [2.24, 2.45) is 0 Å². The quantitative estimate of drug-likeness (QED) is 0.709. The van der Waals surface area contributed by atoms with Crippen LogP contribution in [0.1, 0.15) is 44.9 Å². The molecule has 1 saturated carbocycles. The first-order valence-corrected chi connectivity index (χ1v) is 8.30. The van der Waals surface area contributed by atoms with Gasteiger partial charge in [0, 0.05) is 18.1 Å². The lowest BCUT2D eigenvalue weighted by Crippen LogP contribution is -2.54. The van der Waals surface area contributed by atoms with E-state index in [9.17, 15) is 9.59 Å². The van der Waals surface area contributed by atoms with Crippen LogP contribution in [0.2, 0.25) is 0 Å². The number of nitrogens with one attached hydrogen (secondary N) is 3. The fourth-order valence-corrected chi connectivity index (χ4v) is 3.51. The van der Waals surface area contributed by atoms with Crippen molar-refractivity contribution in [1.82, 2.24) is 20.9 Å². The third-order valence-corrected chi connectivity index (χ3v) is 4.74. The highest BCUT2D eigenvalue weighted by Gasteiger charge is 2.32. The number of carbonyl (C=O) groups is 2. The zero-order valence-corrected chi connectivity index (χ0v) is 12.6. The van der Waals surface area contributed by atoms with Gasteiger partial charge in [0.25, 0.3) is 0 Å². The number of urea groups is 1. The summed E-state index contributed by atoms with van der Waals surface area (Å²) in [4.78, 5) is 25.9. The number of imide groups is 1. The fraction of sp³-hybridized carbons (Fsp3) is 0.867. The van der Waals surface area contributed by atoms with Gasteiger partial charge in [-0.1, -0.05) is 6.42 Å². The van der Waals surface area contributed by atoms with E-state index in [1.165, 1.54) is 19.3 Å². The SMILES string of the molecule is O=C(CN1CCCCC1C1CCCN1)NC(=O)NC1CC1. The van der Waals surface area contributed by atoms with Gasteiger partial charge in [0.15, 0.2) is 0 Å². The molecule has 0 aromatic carbocycles. The molecular formula is C15H26N4O2. The second-order valence-electron chi connectivity index (χ2n) is 6.53. The van der Waals surface area contributed by atoms with Gasteiger partial charge in [-0.05, 0) is 51.6 Å². The van der Waals surface area contributed by atoms with Gasteiger partial charge in [-0.25, -0.2) is 4.79 Å². The highest BCUT2D eigenvalue weighted by atomic mass is 16.2. The van der Waals surface area contributed by atoms with Crippen molar-refractivity contribution in [3.8, 4) is 0 Å². The second-order valence-corrected chi connectivity index (χ2v) is 6.53. The lowest BCUT2D eigenvalue weighted by atomic mass is 9.94. The zero-order valence-electron chi connectivity index (χ0n) is 12.6. The summed E-state index contributed by atoms with van der Waals surface area (Å²) in [6, 6.07) is 0.898. The van der Waals surface area contributed by atoms with Crippen LogP contribution in [0.3, 0.4) is 0 Å². The molecule has 3 N–H and O–H groups in total. The van der Waals surface area contributed by atoms with E-state index in [0.717, 1.165) is 38.8 Å². The van der Waals surface area contributed by atoms with Crippen molar-refractivity contribution in [1.29, 1.82) is 0 Å². The van der Waals surface area contributed by atoms with Crippen LogP contribution in [0.4, 0.5) is 4.79 Å². The number of carbonyl (C=O) groups excluding carboxylic acids is 2. The maximum atomic E-state index is 12.1. The Morgan fingerprint density at radius 2 is 1.95 bits per heavy atom. The Labute approximate surface area is 126 Å². The number of piperidine rings is 1. The Bertz CT molecular complexity index is 391. The van der Waals surface area contributed by atoms with Crippen LogP contribution in [0.15, 0.2) is 0 Å². The maximum absolute atomic E-state index is 12.1. The van der Waals surface area contributed by atoms with Crippen molar-refractivity contribution in [3.63, 3.8) is 0 Å². The van der Waals surface area contributed by atoms with E-state index in [1.54, 1.807) is 0 Å². The summed E-state index contributed by atoms with van der Waals surface area (Å²) >= 11 is 0. The van der Waals surface area contributed by atoms with Gasteiger partial charge in [-0.15, -0.1) is 0 Å². The molecule has 118 valence electrons. The van der Waals surface area contributed by atoms with Gasteiger partial charge in [-0.2, -0.15) is 0 Å². The first kappa shape index (κ1) is 14.8. The molecule has 0 spiro atoms. The molecule has 2 unspecified atom stereocenters. The summed E-state index contributed by atoms with van der Waals surface area (Å²) < 4.78 is 0. The van der Waals surface area contributed by atoms with Crippen molar-refractivity contribution < 1.29 is 9.59 Å². The first-order chi connectivity index (χ1) is 10.2. The molecule has 0 bridgehead atoms. The Morgan fingerprint density at radius 1 is 1.10 bits per heavy atom. The molecule has 0 aromatic rings. The standard InChI is InChI=1S/C15H26N4O2/c20-14(18-15(21)17-11-6-7-11)10-19-9-2-1-5-13(19)12-4-3-8-16-12/h11-13,16H,1-10H2,(H2,17,18,20,21). The van der Waals surface area contributed by atoms with Gasteiger partial charge in [-0.3, -0.25) is 15.0 Å². The molecule has 2 saturated heterocycles. The number of rotatable bonds is 4. The predicted molar refractivity (Wildman–Crippen MR) is 79.9 cm³/mol. The lowest BCUT2D eigenvalue weighted by molar-refractivity contribution is -0.122. The van der Waals surface area contributed by atoms with Crippen molar-refractivity contribution in [2.75, 3.05) is 19.6 Å². The summed E-state index contributed by atoms with van der Waals surface area (Å²) in [5, 5.41) is 8.80. The van der Waals surface area contributed by atoms with Gasteiger partial charge >= 0.3 is 6.03 Å². The van der Waals surface area contributed by atoms with Crippen LogP contribution >= 0.6 is 0 Å². The van der Waals surface area contributed by atoms with Crippen LogP contribution < -0.4 is 16.0 Å². The molecule has 6 heteroatoms. The lowest BCUT2D eigenvalue weighted by Gasteiger charge is -2.38. The van der Waals surface area contributed by atoms with Crippen molar-refractivity contribution >= 4 is 11.9 Å². The molecular weight excluding hydrogens is 268 g/mol. The number of hydrogen-bond acceptors (Lipinski definition) is 4. The summed E-state index contributed by atoms with van der Waals surface area (Å²) in [6.45, 7) is 2.38. The third-order valence-electron chi connectivity index (χ3n) is 4.74. The van der Waals surface area contributed by atoms with Crippen LogP contribution in [-0.4, -0.2) is 54.6 Å². The number of likely N-dealkylation sites (tertiary alicyclic amines) is 1. The molecule has 0 radical (unpaired) electrons. The minimum Gasteiger partial charge on any atom is -0.335 e. The second kappa shape index (κ2) is 6.75. The smallest absolute Gasteiger partial charge is 0.321 e. The third kappa shape index (κ3) is 4.17. The Balaban J connectivity index is 1.48. The number of nitrogens with zero attached hydrogens (tertiary/aromatic N) is 1. The molecule has 3 aliphatic rings. The Kier molecular flexibility index (Phi) is 4.75. The molecule has 2 aliphatic heterocycles. The summed E-state index contributed by atoms with van der Waals surface area (Å²) in [7, 11) is 0. The number of hydrogen-bond donors (Lipinski definition) is 3. The summed E-state index contributed by atoms with van der Waals surface area (Å²) in [6.07, 6.45) is 8.02. The molecule has 3 rings (SSSR count). The summed E-state index contributed by atoms with van der Waals surface area (Å²) in [5.74, 6) is -0.182. The first-order valence-electron chi connectivity index (χ1n) is 8.30. The van der Waals surface area contributed by atoms with E-state index >= 15 is 0 Å². The minimum atomic E-state index is -0.338. The zero-order chi connectivity index (χ0) is 14.7.